The molecule has 0 aliphatic heterocycles. The van der Waals surface area contributed by atoms with Crippen LogP contribution < -0.4 is 10.7 Å². The summed E-state index contributed by atoms with van der Waals surface area (Å²) in [6.45, 7) is 1.77. The maximum Gasteiger partial charge on any atom is 0.282 e. The van der Waals surface area contributed by atoms with Gasteiger partial charge in [-0.05, 0) is 30.5 Å². The van der Waals surface area contributed by atoms with Crippen molar-refractivity contribution in [2.75, 3.05) is 5.32 Å². The molecule has 0 fully saturated rings. The highest BCUT2D eigenvalue weighted by Crippen LogP contribution is 2.29. The lowest BCUT2D eigenvalue weighted by Crippen LogP contribution is -2.26. The molecule has 0 spiro atoms. The van der Waals surface area contributed by atoms with Gasteiger partial charge in [0.2, 0.25) is 10.6 Å². The van der Waals surface area contributed by atoms with Crippen LogP contribution in [0.15, 0.2) is 63.0 Å². The molecule has 0 atom stereocenters. The zero-order chi connectivity index (χ0) is 20.2. The number of nitrogens with zero attached hydrogens (tertiary/aromatic N) is 4. The van der Waals surface area contributed by atoms with Crippen LogP contribution in [0, 0.1) is 6.92 Å². The Balaban J connectivity index is 1.51. The van der Waals surface area contributed by atoms with Gasteiger partial charge < -0.3 is 0 Å². The Bertz CT molecular complexity index is 1190. The molecule has 7 nitrogen and oxygen atoms in total. The number of hydrogen-bond acceptors (Lipinski definition) is 8. The molecule has 0 unspecified atom stereocenters. The Morgan fingerprint density at radius 2 is 2.00 bits per heavy atom. The Hall–Kier alpha value is -2.82. The topological polar surface area (TPSA) is 89.8 Å². The van der Waals surface area contributed by atoms with Gasteiger partial charge in [-0.2, -0.15) is 5.10 Å². The van der Waals surface area contributed by atoms with Crippen molar-refractivity contribution in [3.05, 3.63) is 80.4 Å². The van der Waals surface area contributed by atoms with Crippen LogP contribution in [0.3, 0.4) is 0 Å². The number of aryl methyl sites for hydroxylation is 1. The quantitative estimate of drug-likeness (QED) is 0.359. The molecule has 0 saturated heterocycles. The first-order valence-electron chi connectivity index (χ1n) is 8.56. The van der Waals surface area contributed by atoms with Crippen molar-refractivity contribution in [1.29, 1.82) is 0 Å². The lowest BCUT2D eigenvalue weighted by molar-refractivity contribution is 0.101. The van der Waals surface area contributed by atoms with E-state index in [-0.39, 0.29) is 5.69 Å². The van der Waals surface area contributed by atoms with Crippen LogP contribution >= 0.6 is 34.4 Å². The summed E-state index contributed by atoms with van der Waals surface area (Å²) in [5, 5.41) is 17.3. The molecule has 1 N–H and O–H groups in total. The average Bonchev–Trinajstić information content (AvgIpc) is 3.39. The van der Waals surface area contributed by atoms with E-state index in [9.17, 15) is 9.59 Å². The number of nitrogens with one attached hydrogen (secondary N) is 1. The molecule has 0 aliphatic carbocycles. The summed E-state index contributed by atoms with van der Waals surface area (Å²) in [5.74, 6) is 0.187. The number of para-hydroxylation sites is 1. The fourth-order valence-corrected chi connectivity index (χ4v) is 5.06. The molecule has 3 heterocycles. The first-order valence-corrected chi connectivity index (χ1v) is 11.2. The third kappa shape index (κ3) is 4.61. The van der Waals surface area contributed by atoms with Gasteiger partial charge in [0.25, 0.3) is 5.91 Å². The molecule has 1 aromatic carbocycles. The molecule has 10 heteroatoms. The number of thioether (sulfide) groups is 1. The van der Waals surface area contributed by atoms with Gasteiger partial charge in [0.1, 0.15) is 0 Å². The lowest BCUT2D eigenvalue weighted by Gasteiger charge is -2.10. The zero-order valence-corrected chi connectivity index (χ0v) is 17.7. The number of anilines is 1. The number of carbonyl (C=O) groups excluding carboxylic acids is 1. The monoisotopic (exact) mass is 441 g/mol. The predicted molar refractivity (Wildman–Crippen MR) is 116 cm³/mol. The maximum absolute atomic E-state index is 12.6. The standard InChI is InChI=1S/C19H15N5O2S3/c1-12-10-15(25)16(23-24(12)13-6-3-2-4-7-13)17(26)20-18-21-22-19(29-18)28-11-14-8-5-9-27-14/h2-10H,11H2,1H3,(H,20,21,26). The summed E-state index contributed by atoms with van der Waals surface area (Å²) < 4.78 is 2.31. The first-order chi connectivity index (χ1) is 14.1. The van der Waals surface area contributed by atoms with Gasteiger partial charge in [0, 0.05) is 22.4 Å². The van der Waals surface area contributed by atoms with Gasteiger partial charge in [-0.3, -0.25) is 14.9 Å². The van der Waals surface area contributed by atoms with Gasteiger partial charge in [0.05, 0.1) is 5.69 Å². The number of rotatable bonds is 6. The molecule has 4 rings (SSSR count). The number of aromatic nitrogens is 4. The zero-order valence-electron chi connectivity index (χ0n) is 15.2. The third-order valence-electron chi connectivity index (χ3n) is 3.87. The highest BCUT2D eigenvalue weighted by Gasteiger charge is 2.17. The van der Waals surface area contributed by atoms with Crippen LogP contribution in [-0.4, -0.2) is 25.9 Å². The van der Waals surface area contributed by atoms with Crippen LogP contribution in [0.1, 0.15) is 21.1 Å². The van der Waals surface area contributed by atoms with Crippen molar-refractivity contribution in [3.63, 3.8) is 0 Å². The Morgan fingerprint density at radius 1 is 1.17 bits per heavy atom. The minimum atomic E-state index is -0.606. The second-order valence-corrected chi connectivity index (χ2v) is 9.17. The molecular formula is C19H15N5O2S3. The molecule has 4 aromatic rings. The number of carbonyl (C=O) groups is 1. The second-order valence-electron chi connectivity index (χ2n) is 5.94. The summed E-state index contributed by atoms with van der Waals surface area (Å²) in [6, 6.07) is 14.8. The highest BCUT2D eigenvalue weighted by atomic mass is 32.2. The molecule has 3 aromatic heterocycles. The van der Waals surface area contributed by atoms with Crippen molar-refractivity contribution in [2.24, 2.45) is 0 Å². The van der Waals surface area contributed by atoms with E-state index in [1.165, 1.54) is 22.3 Å². The second kappa shape index (κ2) is 8.68. The van der Waals surface area contributed by atoms with E-state index in [0.717, 1.165) is 15.8 Å². The van der Waals surface area contributed by atoms with Crippen LogP contribution in [0.4, 0.5) is 5.13 Å². The molecular weight excluding hydrogens is 426 g/mol. The van der Waals surface area contributed by atoms with E-state index in [0.29, 0.717) is 10.8 Å². The molecule has 1 amide bonds. The Kier molecular flexibility index (Phi) is 5.84. The summed E-state index contributed by atoms with van der Waals surface area (Å²) in [6.07, 6.45) is 0. The molecule has 0 bridgehead atoms. The summed E-state index contributed by atoms with van der Waals surface area (Å²) >= 11 is 4.49. The van der Waals surface area contributed by atoms with Gasteiger partial charge in [-0.15, -0.1) is 21.5 Å². The van der Waals surface area contributed by atoms with Gasteiger partial charge in [-0.1, -0.05) is 47.4 Å². The first kappa shape index (κ1) is 19.5. The average molecular weight is 442 g/mol. The number of benzene rings is 1. The minimum Gasteiger partial charge on any atom is -0.295 e. The lowest BCUT2D eigenvalue weighted by atomic mass is 10.3. The normalized spacial score (nSPS) is 10.8. The largest absolute Gasteiger partial charge is 0.295 e. The van der Waals surface area contributed by atoms with Crippen molar-refractivity contribution < 1.29 is 4.79 Å². The maximum atomic E-state index is 12.6. The smallest absolute Gasteiger partial charge is 0.282 e. The summed E-state index contributed by atoms with van der Waals surface area (Å²) in [7, 11) is 0. The fraction of sp³-hybridized carbons (Fsp3) is 0.105. The van der Waals surface area contributed by atoms with E-state index in [4.69, 9.17) is 0 Å². The summed E-state index contributed by atoms with van der Waals surface area (Å²) in [4.78, 5) is 26.2. The minimum absolute atomic E-state index is 0.192. The van der Waals surface area contributed by atoms with Crippen molar-refractivity contribution >= 4 is 45.5 Å². The predicted octanol–water partition coefficient (Wildman–Crippen LogP) is 4.00. The molecule has 0 saturated carbocycles. The number of amides is 1. The number of thiophene rings is 1. The van der Waals surface area contributed by atoms with Crippen molar-refractivity contribution in [1.82, 2.24) is 20.0 Å². The molecule has 29 heavy (non-hydrogen) atoms. The van der Waals surface area contributed by atoms with E-state index >= 15 is 0 Å². The van der Waals surface area contributed by atoms with Gasteiger partial charge in [0.15, 0.2) is 10.0 Å². The Labute approximate surface area is 178 Å². The molecule has 0 radical (unpaired) electrons. The van der Waals surface area contributed by atoms with E-state index in [1.807, 2.05) is 41.8 Å². The van der Waals surface area contributed by atoms with E-state index in [2.05, 4.69) is 26.7 Å². The Morgan fingerprint density at radius 3 is 2.76 bits per heavy atom. The molecule has 0 aliphatic rings. The van der Waals surface area contributed by atoms with Gasteiger partial charge >= 0.3 is 0 Å². The van der Waals surface area contributed by atoms with E-state index < -0.39 is 11.3 Å². The van der Waals surface area contributed by atoms with Crippen molar-refractivity contribution in [2.45, 2.75) is 17.0 Å². The van der Waals surface area contributed by atoms with Crippen LogP contribution in [0.5, 0.6) is 0 Å². The van der Waals surface area contributed by atoms with Gasteiger partial charge in [-0.25, -0.2) is 4.68 Å². The van der Waals surface area contributed by atoms with Crippen LogP contribution in [-0.2, 0) is 5.75 Å². The highest BCUT2D eigenvalue weighted by molar-refractivity contribution is 8.00. The third-order valence-corrected chi connectivity index (χ3v) is 6.95. The SMILES string of the molecule is Cc1cc(=O)c(C(=O)Nc2nnc(SCc3cccs3)s2)nn1-c1ccccc1. The fourth-order valence-electron chi connectivity index (χ4n) is 2.54. The van der Waals surface area contributed by atoms with Crippen LogP contribution in [0.25, 0.3) is 5.69 Å². The molecule has 146 valence electrons. The summed E-state index contributed by atoms with van der Waals surface area (Å²) in [5.41, 5.74) is 0.773. The van der Waals surface area contributed by atoms with Crippen molar-refractivity contribution in [3.8, 4) is 5.69 Å². The van der Waals surface area contributed by atoms with E-state index in [1.54, 1.807) is 34.7 Å². The van der Waals surface area contributed by atoms with Crippen LogP contribution in [0.2, 0.25) is 0 Å². The number of hydrogen-bond donors (Lipinski definition) is 1.